The summed E-state index contributed by atoms with van der Waals surface area (Å²) in [7, 11) is 1.69. The first-order valence-corrected chi connectivity index (χ1v) is 8.44. The SMILES string of the molecule is COc1ccccc1/C=N\N1CCN(Cc2ccc(C)cc2)CC1. The Labute approximate surface area is 144 Å². The van der Waals surface area contributed by atoms with Crippen molar-refractivity contribution in [2.45, 2.75) is 13.5 Å². The monoisotopic (exact) mass is 323 g/mol. The van der Waals surface area contributed by atoms with Gasteiger partial charge in [-0.2, -0.15) is 5.10 Å². The summed E-state index contributed by atoms with van der Waals surface area (Å²) in [5.41, 5.74) is 3.71. The van der Waals surface area contributed by atoms with Crippen molar-refractivity contribution in [3.8, 4) is 5.75 Å². The predicted molar refractivity (Wildman–Crippen MR) is 98.6 cm³/mol. The van der Waals surface area contributed by atoms with Crippen LogP contribution in [0.15, 0.2) is 53.6 Å². The largest absolute Gasteiger partial charge is 0.496 e. The zero-order valence-corrected chi connectivity index (χ0v) is 14.5. The van der Waals surface area contributed by atoms with Crippen molar-refractivity contribution in [1.82, 2.24) is 9.91 Å². The third-order valence-corrected chi connectivity index (χ3v) is 4.37. The minimum Gasteiger partial charge on any atom is -0.496 e. The third kappa shape index (κ3) is 4.36. The van der Waals surface area contributed by atoms with Gasteiger partial charge in [0.05, 0.1) is 13.3 Å². The molecule has 2 aromatic carbocycles. The fraction of sp³-hybridized carbons (Fsp3) is 0.350. The predicted octanol–water partition coefficient (Wildman–Crippen LogP) is 3.16. The van der Waals surface area contributed by atoms with E-state index in [2.05, 4.69) is 46.2 Å². The van der Waals surface area contributed by atoms with E-state index in [0.717, 1.165) is 44.0 Å². The summed E-state index contributed by atoms with van der Waals surface area (Å²) >= 11 is 0. The fourth-order valence-corrected chi connectivity index (χ4v) is 2.88. The van der Waals surface area contributed by atoms with E-state index in [-0.39, 0.29) is 0 Å². The standard InChI is InChI=1S/C20H25N3O/c1-17-7-9-18(10-8-17)16-22-11-13-23(14-12-22)21-15-19-5-3-4-6-20(19)24-2/h3-10,15H,11-14,16H2,1-2H3/b21-15-. The second-order valence-electron chi connectivity index (χ2n) is 6.20. The molecular formula is C20H25N3O. The molecule has 0 spiro atoms. The number of ether oxygens (including phenoxy) is 1. The first kappa shape index (κ1) is 16.5. The molecule has 0 atom stereocenters. The third-order valence-electron chi connectivity index (χ3n) is 4.37. The number of benzene rings is 2. The lowest BCUT2D eigenvalue weighted by molar-refractivity contribution is 0.131. The summed E-state index contributed by atoms with van der Waals surface area (Å²) < 4.78 is 5.36. The van der Waals surface area contributed by atoms with Gasteiger partial charge in [-0.3, -0.25) is 9.91 Å². The van der Waals surface area contributed by atoms with Crippen molar-refractivity contribution in [2.24, 2.45) is 5.10 Å². The first-order valence-electron chi connectivity index (χ1n) is 8.44. The van der Waals surface area contributed by atoms with Gasteiger partial charge in [0.15, 0.2) is 0 Å². The molecule has 0 N–H and O–H groups in total. The molecule has 3 rings (SSSR count). The molecule has 1 aliphatic heterocycles. The molecule has 24 heavy (non-hydrogen) atoms. The molecule has 0 radical (unpaired) electrons. The Morgan fingerprint density at radius 2 is 1.71 bits per heavy atom. The maximum atomic E-state index is 5.36. The van der Waals surface area contributed by atoms with Gasteiger partial charge < -0.3 is 4.74 Å². The minimum atomic E-state index is 0.860. The topological polar surface area (TPSA) is 28.1 Å². The van der Waals surface area contributed by atoms with Crippen molar-refractivity contribution in [2.75, 3.05) is 33.3 Å². The fourth-order valence-electron chi connectivity index (χ4n) is 2.88. The average molecular weight is 323 g/mol. The second-order valence-corrected chi connectivity index (χ2v) is 6.20. The Balaban J connectivity index is 1.51. The number of hydrogen-bond acceptors (Lipinski definition) is 4. The smallest absolute Gasteiger partial charge is 0.127 e. The normalized spacial score (nSPS) is 15.8. The molecule has 1 fully saturated rings. The van der Waals surface area contributed by atoms with Crippen LogP contribution in [0, 0.1) is 6.92 Å². The Morgan fingerprint density at radius 1 is 1.00 bits per heavy atom. The van der Waals surface area contributed by atoms with Crippen LogP contribution in [0.2, 0.25) is 0 Å². The summed E-state index contributed by atoms with van der Waals surface area (Å²) in [5.74, 6) is 0.860. The minimum absolute atomic E-state index is 0.860. The van der Waals surface area contributed by atoms with E-state index in [1.54, 1.807) is 7.11 Å². The number of hydrazone groups is 1. The van der Waals surface area contributed by atoms with Crippen LogP contribution in [0.3, 0.4) is 0 Å². The summed E-state index contributed by atoms with van der Waals surface area (Å²) in [4.78, 5) is 2.49. The first-order chi connectivity index (χ1) is 11.7. The van der Waals surface area contributed by atoms with Gasteiger partial charge in [-0.1, -0.05) is 42.0 Å². The van der Waals surface area contributed by atoms with Crippen LogP contribution in [-0.2, 0) is 6.54 Å². The molecule has 1 saturated heterocycles. The van der Waals surface area contributed by atoms with Crippen LogP contribution >= 0.6 is 0 Å². The summed E-state index contributed by atoms with van der Waals surface area (Å²) in [5, 5.41) is 6.75. The molecule has 2 aromatic rings. The molecule has 126 valence electrons. The van der Waals surface area contributed by atoms with E-state index in [0.29, 0.717) is 0 Å². The molecule has 1 aliphatic rings. The van der Waals surface area contributed by atoms with Crippen molar-refractivity contribution in [1.29, 1.82) is 0 Å². The number of hydrogen-bond donors (Lipinski definition) is 0. The molecule has 0 aliphatic carbocycles. The van der Waals surface area contributed by atoms with E-state index in [9.17, 15) is 0 Å². The van der Waals surface area contributed by atoms with Gasteiger partial charge in [0.2, 0.25) is 0 Å². The number of piperazine rings is 1. The quantitative estimate of drug-likeness (QED) is 0.791. The molecule has 4 heteroatoms. The Kier molecular flexibility index (Phi) is 5.49. The second kappa shape index (κ2) is 7.97. The number of methoxy groups -OCH3 is 1. The Bertz CT molecular complexity index is 674. The maximum Gasteiger partial charge on any atom is 0.127 e. The zero-order valence-electron chi connectivity index (χ0n) is 14.5. The molecule has 0 saturated carbocycles. The number of rotatable bonds is 5. The van der Waals surface area contributed by atoms with Gasteiger partial charge in [0, 0.05) is 38.3 Å². The van der Waals surface area contributed by atoms with Gasteiger partial charge in [0.25, 0.3) is 0 Å². The van der Waals surface area contributed by atoms with Crippen LogP contribution < -0.4 is 4.74 Å². The number of aryl methyl sites for hydroxylation is 1. The highest BCUT2D eigenvalue weighted by atomic mass is 16.5. The van der Waals surface area contributed by atoms with Gasteiger partial charge in [-0.15, -0.1) is 0 Å². The van der Waals surface area contributed by atoms with Crippen molar-refractivity contribution >= 4 is 6.21 Å². The van der Waals surface area contributed by atoms with Gasteiger partial charge >= 0.3 is 0 Å². The van der Waals surface area contributed by atoms with Crippen LogP contribution in [0.1, 0.15) is 16.7 Å². The van der Waals surface area contributed by atoms with E-state index in [4.69, 9.17) is 4.74 Å². The molecule has 0 bridgehead atoms. The highest BCUT2D eigenvalue weighted by Gasteiger charge is 2.15. The number of nitrogens with zero attached hydrogens (tertiary/aromatic N) is 3. The summed E-state index contributed by atoms with van der Waals surface area (Å²) in [6.07, 6.45) is 1.90. The molecule has 0 amide bonds. The van der Waals surface area contributed by atoms with Crippen molar-refractivity contribution in [3.63, 3.8) is 0 Å². The highest BCUT2D eigenvalue weighted by molar-refractivity contribution is 5.83. The lowest BCUT2D eigenvalue weighted by Crippen LogP contribution is -2.43. The van der Waals surface area contributed by atoms with Gasteiger partial charge in [0.1, 0.15) is 5.75 Å². The van der Waals surface area contributed by atoms with Crippen molar-refractivity contribution < 1.29 is 4.74 Å². The van der Waals surface area contributed by atoms with Crippen LogP contribution in [0.4, 0.5) is 0 Å². The van der Waals surface area contributed by atoms with E-state index >= 15 is 0 Å². The van der Waals surface area contributed by atoms with E-state index in [1.165, 1.54) is 11.1 Å². The summed E-state index contributed by atoms with van der Waals surface area (Å²) in [6.45, 7) is 7.13. The van der Waals surface area contributed by atoms with Crippen molar-refractivity contribution in [3.05, 3.63) is 65.2 Å². The summed E-state index contributed by atoms with van der Waals surface area (Å²) in [6, 6.07) is 16.8. The Hall–Kier alpha value is -2.33. The molecule has 1 heterocycles. The molecule has 4 nitrogen and oxygen atoms in total. The Morgan fingerprint density at radius 3 is 2.42 bits per heavy atom. The molecular weight excluding hydrogens is 298 g/mol. The van der Waals surface area contributed by atoms with Gasteiger partial charge in [-0.25, -0.2) is 0 Å². The molecule has 0 aromatic heterocycles. The highest BCUT2D eigenvalue weighted by Crippen LogP contribution is 2.15. The van der Waals surface area contributed by atoms with Crippen LogP contribution in [-0.4, -0.2) is 49.4 Å². The lowest BCUT2D eigenvalue weighted by atomic mass is 10.1. The van der Waals surface area contributed by atoms with E-state index in [1.807, 2.05) is 30.5 Å². The lowest BCUT2D eigenvalue weighted by Gasteiger charge is -2.33. The van der Waals surface area contributed by atoms with Crippen LogP contribution in [0.5, 0.6) is 5.75 Å². The number of para-hydroxylation sites is 1. The van der Waals surface area contributed by atoms with Gasteiger partial charge in [-0.05, 0) is 24.6 Å². The average Bonchev–Trinajstić information content (AvgIpc) is 2.63. The molecule has 0 unspecified atom stereocenters. The zero-order chi connectivity index (χ0) is 16.8. The van der Waals surface area contributed by atoms with E-state index < -0.39 is 0 Å². The van der Waals surface area contributed by atoms with Crippen LogP contribution in [0.25, 0.3) is 0 Å². The maximum absolute atomic E-state index is 5.36.